The van der Waals surface area contributed by atoms with E-state index >= 15 is 0 Å². The molecule has 0 bridgehead atoms. The van der Waals surface area contributed by atoms with Gasteiger partial charge in [-0.1, -0.05) is 11.8 Å². The summed E-state index contributed by atoms with van der Waals surface area (Å²) >= 11 is 3.20. The average molecular weight is 349 g/mol. The maximum absolute atomic E-state index is 13.9. The maximum Gasteiger partial charge on any atom is 0.220 e. The minimum atomic E-state index is -0.444. The van der Waals surface area contributed by atoms with Gasteiger partial charge in [0.15, 0.2) is 5.17 Å². The lowest BCUT2D eigenvalue weighted by Gasteiger charge is -2.42. The highest BCUT2D eigenvalue weighted by molar-refractivity contribution is 8.13. The van der Waals surface area contributed by atoms with Gasteiger partial charge in [-0.25, -0.2) is 9.98 Å². The Morgan fingerprint density at radius 3 is 3.22 bits per heavy atom. The first-order valence-electron chi connectivity index (χ1n) is 7.45. The number of nitrogens with zero attached hydrogens (tertiary/aromatic N) is 2. The van der Waals surface area contributed by atoms with E-state index in [1.54, 1.807) is 35.2 Å². The van der Waals surface area contributed by atoms with Gasteiger partial charge in [0.1, 0.15) is 5.54 Å². The van der Waals surface area contributed by atoms with Crippen LogP contribution in [0.3, 0.4) is 0 Å². The minimum Gasteiger partial charge on any atom is -0.381 e. The van der Waals surface area contributed by atoms with Gasteiger partial charge in [-0.2, -0.15) is 4.39 Å². The first-order valence-corrected chi connectivity index (χ1v) is 9.31. The van der Waals surface area contributed by atoms with Crippen LogP contribution < -0.4 is 5.73 Å². The molecule has 2 aliphatic rings. The van der Waals surface area contributed by atoms with Crippen LogP contribution in [0.1, 0.15) is 11.3 Å². The molecule has 2 aromatic rings. The van der Waals surface area contributed by atoms with Crippen molar-refractivity contribution in [2.75, 3.05) is 19.0 Å². The van der Waals surface area contributed by atoms with Crippen LogP contribution in [0, 0.1) is 11.9 Å². The summed E-state index contributed by atoms with van der Waals surface area (Å²) in [6.45, 7) is 1.37. The number of fused-ring (bicyclic) bond motifs is 1. The number of thioether (sulfide) groups is 1. The number of pyridine rings is 1. The molecule has 2 atom stereocenters. The normalized spacial score (nSPS) is 27.3. The number of amidine groups is 1. The fourth-order valence-corrected chi connectivity index (χ4v) is 5.36. The molecule has 0 unspecified atom stereocenters. The maximum atomic E-state index is 13.9. The lowest BCUT2D eigenvalue weighted by atomic mass is 9.80. The Kier molecular flexibility index (Phi) is 3.87. The molecule has 7 heteroatoms. The van der Waals surface area contributed by atoms with Gasteiger partial charge < -0.3 is 10.5 Å². The summed E-state index contributed by atoms with van der Waals surface area (Å²) in [4.78, 5) is 9.68. The van der Waals surface area contributed by atoms with E-state index in [2.05, 4.69) is 4.98 Å². The molecule has 2 aromatic heterocycles. The standard InChI is InChI=1S/C16H16FN3OS2/c17-14-12(2-1-4-19-14)10-6-13(22-8-10)16-3-5-21-7-11(16)9-23-15(18)20-16/h1-2,4,6,8,11H,3,5,7,9H2,(H2,18,20)/t11-,16+/m0/s1. The van der Waals surface area contributed by atoms with Crippen molar-refractivity contribution in [2.45, 2.75) is 12.0 Å². The Morgan fingerprint density at radius 1 is 1.43 bits per heavy atom. The topological polar surface area (TPSA) is 60.5 Å². The molecule has 0 amide bonds. The van der Waals surface area contributed by atoms with Crippen molar-refractivity contribution in [1.82, 2.24) is 4.98 Å². The smallest absolute Gasteiger partial charge is 0.220 e. The molecule has 1 fully saturated rings. The van der Waals surface area contributed by atoms with E-state index in [0.29, 0.717) is 29.9 Å². The predicted molar refractivity (Wildman–Crippen MR) is 92.2 cm³/mol. The Bertz CT molecular complexity index is 763. The summed E-state index contributed by atoms with van der Waals surface area (Å²) in [7, 11) is 0. The van der Waals surface area contributed by atoms with Crippen LogP contribution in [-0.4, -0.2) is 29.1 Å². The summed E-state index contributed by atoms with van der Waals surface area (Å²) in [5.74, 6) is 0.767. The molecule has 0 radical (unpaired) electrons. The zero-order valence-corrected chi connectivity index (χ0v) is 14.0. The monoisotopic (exact) mass is 349 g/mol. The SMILES string of the molecule is NC1=N[C@]2(c3cc(-c4cccnc4F)cs3)CCOC[C@H]2CS1. The van der Waals surface area contributed by atoms with Gasteiger partial charge in [-0.3, -0.25) is 0 Å². The number of hydrogen-bond donors (Lipinski definition) is 1. The van der Waals surface area contributed by atoms with Crippen molar-refractivity contribution in [3.63, 3.8) is 0 Å². The van der Waals surface area contributed by atoms with Crippen LogP contribution in [-0.2, 0) is 10.3 Å². The van der Waals surface area contributed by atoms with Crippen molar-refractivity contribution < 1.29 is 9.13 Å². The van der Waals surface area contributed by atoms with Gasteiger partial charge in [-0.15, -0.1) is 11.3 Å². The number of nitrogens with two attached hydrogens (primary N) is 1. The second-order valence-corrected chi connectivity index (χ2v) is 7.70. The number of ether oxygens (including phenoxy) is 1. The molecule has 120 valence electrons. The zero-order chi connectivity index (χ0) is 15.9. The van der Waals surface area contributed by atoms with Gasteiger partial charge in [0.25, 0.3) is 0 Å². The third kappa shape index (κ3) is 2.56. The summed E-state index contributed by atoms with van der Waals surface area (Å²) in [6, 6.07) is 5.54. The van der Waals surface area contributed by atoms with Gasteiger partial charge >= 0.3 is 0 Å². The predicted octanol–water partition coefficient (Wildman–Crippen LogP) is 3.24. The van der Waals surface area contributed by atoms with Crippen LogP contribution in [0.4, 0.5) is 4.39 Å². The van der Waals surface area contributed by atoms with Crippen molar-refractivity contribution in [3.05, 3.63) is 40.6 Å². The van der Waals surface area contributed by atoms with Crippen molar-refractivity contribution in [2.24, 2.45) is 16.6 Å². The van der Waals surface area contributed by atoms with Gasteiger partial charge in [0.05, 0.1) is 6.61 Å². The van der Waals surface area contributed by atoms with E-state index in [1.165, 1.54) is 6.20 Å². The molecule has 4 rings (SSSR count). The molecule has 0 aromatic carbocycles. The minimum absolute atomic E-state index is 0.304. The third-order valence-electron chi connectivity index (χ3n) is 4.46. The van der Waals surface area contributed by atoms with Crippen LogP contribution in [0.5, 0.6) is 0 Å². The van der Waals surface area contributed by atoms with Gasteiger partial charge in [-0.05, 0) is 29.1 Å². The number of aromatic nitrogens is 1. The first kappa shape index (κ1) is 15.1. The first-order chi connectivity index (χ1) is 11.2. The van der Waals surface area contributed by atoms with Crippen LogP contribution in [0.2, 0.25) is 0 Å². The number of thiophene rings is 1. The summed E-state index contributed by atoms with van der Waals surface area (Å²) < 4.78 is 19.6. The molecule has 0 spiro atoms. The fourth-order valence-electron chi connectivity index (χ4n) is 3.23. The Labute approximate surface area is 142 Å². The van der Waals surface area contributed by atoms with E-state index < -0.39 is 5.95 Å². The molecule has 1 saturated heterocycles. The Balaban J connectivity index is 1.78. The van der Waals surface area contributed by atoms with Gasteiger partial charge in [0.2, 0.25) is 5.95 Å². The second kappa shape index (κ2) is 5.89. The highest BCUT2D eigenvalue weighted by Crippen LogP contribution is 2.48. The van der Waals surface area contributed by atoms with Crippen LogP contribution in [0.15, 0.2) is 34.8 Å². The number of rotatable bonds is 2. The molecule has 4 heterocycles. The molecule has 2 aliphatic heterocycles. The summed E-state index contributed by atoms with van der Waals surface area (Å²) in [6.07, 6.45) is 2.27. The fraction of sp³-hybridized carbons (Fsp3) is 0.375. The molecule has 2 N–H and O–H groups in total. The molecule has 0 saturated carbocycles. The quantitative estimate of drug-likeness (QED) is 0.846. The summed E-state index contributed by atoms with van der Waals surface area (Å²) in [5, 5.41) is 2.61. The van der Waals surface area contributed by atoms with Crippen molar-refractivity contribution >= 4 is 28.3 Å². The van der Waals surface area contributed by atoms with Crippen LogP contribution >= 0.6 is 23.1 Å². The largest absolute Gasteiger partial charge is 0.381 e. The highest BCUT2D eigenvalue weighted by atomic mass is 32.2. The van der Waals surface area contributed by atoms with Crippen molar-refractivity contribution in [1.29, 1.82) is 0 Å². The van der Waals surface area contributed by atoms with E-state index in [4.69, 9.17) is 15.5 Å². The number of aliphatic imine (C=N–C) groups is 1. The molecule has 0 aliphatic carbocycles. The average Bonchev–Trinajstić information content (AvgIpc) is 3.05. The molecular weight excluding hydrogens is 333 g/mol. The Morgan fingerprint density at radius 2 is 2.35 bits per heavy atom. The lowest BCUT2D eigenvalue weighted by Crippen LogP contribution is -2.46. The second-order valence-electron chi connectivity index (χ2n) is 5.75. The molecular formula is C16H16FN3OS2. The number of halogens is 1. The van der Waals surface area contributed by atoms with Gasteiger partial charge in [0, 0.05) is 41.3 Å². The third-order valence-corrected chi connectivity index (χ3v) is 6.51. The van der Waals surface area contributed by atoms with Crippen LogP contribution in [0.25, 0.3) is 11.1 Å². The van der Waals surface area contributed by atoms with E-state index in [9.17, 15) is 4.39 Å². The molecule has 4 nitrogen and oxygen atoms in total. The Hall–Kier alpha value is -1.44. The lowest BCUT2D eigenvalue weighted by molar-refractivity contribution is 0.0114. The van der Waals surface area contributed by atoms with E-state index in [0.717, 1.165) is 22.6 Å². The number of hydrogen-bond acceptors (Lipinski definition) is 6. The van der Waals surface area contributed by atoms with E-state index in [-0.39, 0.29) is 5.54 Å². The highest BCUT2D eigenvalue weighted by Gasteiger charge is 2.46. The van der Waals surface area contributed by atoms with E-state index in [1.807, 2.05) is 11.4 Å². The molecule has 23 heavy (non-hydrogen) atoms. The summed E-state index contributed by atoms with van der Waals surface area (Å²) in [5.41, 5.74) is 7.06. The van der Waals surface area contributed by atoms with Crippen molar-refractivity contribution in [3.8, 4) is 11.1 Å². The zero-order valence-electron chi connectivity index (χ0n) is 12.4.